The predicted octanol–water partition coefficient (Wildman–Crippen LogP) is 3.26. The average Bonchev–Trinajstić information content (AvgIpc) is 2.79. The molecule has 0 saturated heterocycles. The first-order valence-corrected chi connectivity index (χ1v) is 6.29. The van der Waals surface area contributed by atoms with Crippen molar-refractivity contribution in [1.29, 1.82) is 0 Å². The average molecular weight is 253 g/mol. The van der Waals surface area contributed by atoms with Gasteiger partial charge in [-0.15, -0.1) is 0 Å². The monoisotopic (exact) mass is 252 g/mol. The molecule has 0 fully saturated rings. The van der Waals surface area contributed by atoms with Gasteiger partial charge in [0.25, 0.3) is 0 Å². The van der Waals surface area contributed by atoms with Crippen molar-refractivity contribution < 1.29 is 0 Å². The number of rotatable bonds is 3. The van der Waals surface area contributed by atoms with E-state index in [9.17, 15) is 0 Å². The molecule has 0 spiro atoms. The van der Waals surface area contributed by atoms with Crippen molar-refractivity contribution in [2.24, 2.45) is 5.84 Å². The molecule has 3 N–H and O–H groups in total. The topological polar surface area (TPSA) is 38.0 Å². The van der Waals surface area contributed by atoms with Crippen LogP contribution < -0.4 is 11.3 Å². The Balaban J connectivity index is 2.45. The van der Waals surface area contributed by atoms with E-state index in [4.69, 9.17) is 17.4 Å². The predicted molar refractivity (Wildman–Crippen MR) is 69.7 cm³/mol. The second-order valence-corrected chi connectivity index (χ2v) is 4.80. The van der Waals surface area contributed by atoms with Crippen LogP contribution in [0.15, 0.2) is 35.0 Å². The van der Waals surface area contributed by atoms with Crippen LogP contribution in [0.5, 0.6) is 0 Å². The van der Waals surface area contributed by atoms with Crippen molar-refractivity contribution in [2.45, 2.75) is 13.0 Å². The highest BCUT2D eigenvalue weighted by molar-refractivity contribution is 7.08. The fraction of sp³-hybridized carbons (Fsp3) is 0.167. The summed E-state index contributed by atoms with van der Waals surface area (Å²) in [7, 11) is 0. The van der Waals surface area contributed by atoms with Crippen molar-refractivity contribution in [1.82, 2.24) is 5.43 Å². The van der Waals surface area contributed by atoms with Gasteiger partial charge in [-0.2, -0.15) is 11.3 Å². The molecular formula is C12H13ClN2S. The summed E-state index contributed by atoms with van der Waals surface area (Å²) in [6.07, 6.45) is 0. The number of hydrogen-bond acceptors (Lipinski definition) is 3. The summed E-state index contributed by atoms with van der Waals surface area (Å²) < 4.78 is 0. The second kappa shape index (κ2) is 4.97. The molecule has 16 heavy (non-hydrogen) atoms. The zero-order valence-electron chi connectivity index (χ0n) is 8.91. The van der Waals surface area contributed by atoms with E-state index < -0.39 is 0 Å². The largest absolute Gasteiger partial charge is 0.271 e. The highest BCUT2D eigenvalue weighted by atomic mass is 35.5. The van der Waals surface area contributed by atoms with E-state index in [1.54, 1.807) is 11.3 Å². The van der Waals surface area contributed by atoms with Gasteiger partial charge < -0.3 is 0 Å². The summed E-state index contributed by atoms with van der Waals surface area (Å²) in [4.78, 5) is 0. The van der Waals surface area contributed by atoms with Crippen LogP contribution in [-0.4, -0.2) is 0 Å². The van der Waals surface area contributed by atoms with E-state index in [0.29, 0.717) is 0 Å². The summed E-state index contributed by atoms with van der Waals surface area (Å²) in [5.74, 6) is 5.63. The minimum Gasteiger partial charge on any atom is -0.271 e. The minimum atomic E-state index is 0.00458. The lowest BCUT2D eigenvalue weighted by Crippen LogP contribution is -2.29. The first kappa shape index (κ1) is 11.6. The van der Waals surface area contributed by atoms with Gasteiger partial charge in [-0.3, -0.25) is 5.84 Å². The molecule has 0 amide bonds. The van der Waals surface area contributed by atoms with E-state index in [1.807, 2.05) is 30.5 Å². The van der Waals surface area contributed by atoms with Crippen LogP contribution >= 0.6 is 22.9 Å². The lowest BCUT2D eigenvalue weighted by Gasteiger charge is -2.18. The zero-order valence-corrected chi connectivity index (χ0v) is 10.5. The number of nitrogens with one attached hydrogen (secondary N) is 1. The van der Waals surface area contributed by atoms with Gasteiger partial charge in [0.2, 0.25) is 0 Å². The third-order valence-corrected chi connectivity index (χ3v) is 3.77. The maximum atomic E-state index is 6.11. The smallest absolute Gasteiger partial charge is 0.0721 e. The van der Waals surface area contributed by atoms with Crippen LogP contribution in [0.3, 0.4) is 0 Å². The lowest BCUT2D eigenvalue weighted by molar-refractivity contribution is 0.635. The molecule has 2 nitrogen and oxygen atoms in total. The van der Waals surface area contributed by atoms with Crippen molar-refractivity contribution in [3.63, 3.8) is 0 Å². The van der Waals surface area contributed by atoms with Gasteiger partial charge in [0, 0.05) is 5.02 Å². The molecule has 0 aliphatic heterocycles. The molecule has 2 rings (SSSR count). The van der Waals surface area contributed by atoms with E-state index in [1.165, 1.54) is 0 Å². The number of hydrazine groups is 1. The molecule has 1 aromatic heterocycles. The van der Waals surface area contributed by atoms with Crippen molar-refractivity contribution in [3.8, 4) is 0 Å². The molecule has 0 bridgehead atoms. The summed E-state index contributed by atoms with van der Waals surface area (Å²) in [6, 6.07) is 7.95. The highest BCUT2D eigenvalue weighted by Gasteiger charge is 2.15. The zero-order chi connectivity index (χ0) is 11.5. The molecule has 2 aromatic rings. The first-order chi connectivity index (χ1) is 7.74. The maximum absolute atomic E-state index is 6.11. The molecule has 1 aromatic carbocycles. The normalized spacial score (nSPS) is 12.7. The second-order valence-electron chi connectivity index (χ2n) is 3.61. The van der Waals surface area contributed by atoms with Crippen molar-refractivity contribution in [3.05, 3.63) is 56.7 Å². The van der Waals surface area contributed by atoms with Crippen LogP contribution in [0, 0.1) is 6.92 Å². The fourth-order valence-electron chi connectivity index (χ4n) is 1.74. The molecule has 1 unspecified atom stereocenters. The number of halogens is 1. The van der Waals surface area contributed by atoms with Crippen LogP contribution in [0.4, 0.5) is 0 Å². The Morgan fingerprint density at radius 1 is 1.38 bits per heavy atom. The Morgan fingerprint density at radius 3 is 2.81 bits per heavy atom. The SMILES string of the molecule is Cc1c(Cl)cccc1C(NN)c1ccsc1. The molecule has 0 aliphatic carbocycles. The third-order valence-electron chi connectivity index (χ3n) is 2.66. The standard InChI is InChI=1S/C12H13ClN2S/c1-8-10(3-2-4-11(8)13)12(15-14)9-5-6-16-7-9/h2-7,12,15H,14H2,1H3. The van der Waals surface area contributed by atoms with E-state index >= 15 is 0 Å². The van der Waals surface area contributed by atoms with Crippen LogP contribution in [0.2, 0.25) is 5.02 Å². The molecule has 0 saturated carbocycles. The molecule has 4 heteroatoms. The van der Waals surface area contributed by atoms with E-state index in [2.05, 4.69) is 16.9 Å². The molecular weight excluding hydrogens is 240 g/mol. The summed E-state index contributed by atoms with van der Waals surface area (Å²) >= 11 is 7.77. The Bertz CT molecular complexity index is 468. The van der Waals surface area contributed by atoms with Gasteiger partial charge in [-0.25, -0.2) is 5.43 Å². The van der Waals surface area contributed by atoms with Gasteiger partial charge >= 0.3 is 0 Å². The van der Waals surface area contributed by atoms with Gasteiger partial charge in [0.05, 0.1) is 6.04 Å². The van der Waals surface area contributed by atoms with Crippen LogP contribution in [0.25, 0.3) is 0 Å². The summed E-state index contributed by atoms with van der Waals surface area (Å²) in [6.45, 7) is 2.01. The van der Waals surface area contributed by atoms with Crippen LogP contribution in [0.1, 0.15) is 22.7 Å². The maximum Gasteiger partial charge on any atom is 0.0721 e. The summed E-state index contributed by atoms with van der Waals surface area (Å²) in [5, 5.41) is 4.90. The van der Waals surface area contributed by atoms with Gasteiger partial charge in [0.1, 0.15) is 0 Å². The highest BCUT2D eigenvalue weighted by Crippen LogP contribution is 2.29. The Morgan fingerprint density at radius 2 is 2.19 bits per heavy atom. The van der Waals surface area contributed by atoms with Gasteiger partial charge in [-0.05, 0) is 46.5 Å². The molecule has 0 radical (unpaired) electrons. The van der Waals surface area contributed by atoms with E-state index in [0.717, 1.165) is 21.7 Å². The molecule has 1 heterocycles. The minimum absolute atomic E-state index is 0.00458. The number of nitrogens with two attached hydrogens (primary N) is 1. The Kier molecular flexibility index (Phi) is 3.61. The Hall–Kier alpha value is -0.870. The van der Waals surface area contributed by atoms with E-state index in [-0.39, 0.29) is 6.04 Å². The van der Waals surface area contributed by atoms with Crippen molar-refractivity contribution in [2.75, 3.05) is 0 Å². The quantitative estimate of drug-likeness (QED) is 0.650. The lowest BCUT2D eigenvalue weighted by atomic mass is 9.97. The number of benzene rings is 1. The molecule has 1 atom stereocenters. The Labute approximate surface area is 104 Å². The van der Waals surface area contributed by atoms with Gasteiger partial charge in [0.15, 0.2) is 0 Å². The summed E-state index contributed by atoms with van der Waals surface area (Å²) in [5.41, 5.74) is 6.19. The van der Waals surface area contributed by atoms with Crippen molar-refractivity contribution >= 4 is 22.9 Å². The third kappa shape index (κ3) is 2.13. The first-order valence-electron chi connectivity index (χ1n) is 4.97. The van der Waals surface area contributed by atoms with Gasteiger partial charge in [-0.1, -0.05) is 23.7 Å². The number of thiophene rings is 1. The van der Waals surface area contributed by atoms with Crippen LogP contribution in [-0.2, 0) is 0 Å². The number of hydrogen-bond donors (Lipinski definition) is 2. The molecule has 84 valence electrons. The fourth-order valence-corrected chi connectivity index (χ4v) is 2.61. The molecule has 0 aliphatic rings.